The molecule has 0 radical (unpaired) electrons. The summed E-state index contributed by atoms with van der Waals surface area (Å²) >= 11 is 0. The molecule has 0 saturated heterocycles. The average Bonchev–Trinajstić information content (AvgIpc) is 2.65. The Hall–Kier alpha value is -1.84. The third kappa shape index (κ3) is 1.59. The molecule has 0 bridgehead atoms. The van der Waals surface area contributed by atoms with E-state index >= 15 is 0 Å². The normalized spacial score (nSPS) is 10.1. The maximum atomic E-state index is 5.09. The van der Waals surface area contributed by atoms with E-state index in [9.17, 15) is 0 Å². The van der Waals surface area contributed by atoms with Crippen LogP contribution in [0.4, 0.5) is 0 Å². The number of rotatable bonds is 2. The van der Waals surface area contributed by atoms with E-state index in [1.165, 1.54) is 0 Å². The zero-order chi connectivity index (χ0) is 9.97. The molecule has 0 saturated carbocycles. The lowest BCUT2D eigenvalue weighted by molar-refractivity contribution is 0.413. The maximum absolute atomic E-state index is 5.09. The molecule has 14 heavy (non-hydrogen) atoms. The van der Waals surface area contributed by atoms with Crippen molar-refractivity contribution in [3.8, 4) is 17.0 Å². The predicted molar refractivity (Wildman–Crippen MR) is 53.1 cm³/mol. The molecule has 2 heterocycles. The zero-order valence-corrected chi connectivity index (χ0v) is 8.11. The fraction of sp³-hybridized carbons (Fsp3) is 0.200. The van der Waals surface area contributed by atoms with E-state index in [1.807, 2.05) is 13.0 Å². The lowest BCUT2D eigenvalue weighted by Gasteiger charge is -2.00. The molecule has 4 nitrogen and oxygen atoms in total. The smallest absolute Gasteiger partial charge is 0.137 e. The van der Waals surface area contributed by atoms with Gasteiger partial charge in [-0.2, -0.15) is 0 Å². The summed E-state index contributed by atoms with van der Waals surface area (Å²) in [7, 11) is 1.62. The first-order chi connectivity index (χ1) is 6.79. The Morgan fingerprint density at radius 3 is 2.79 bits per heavy atom. The monoisotopic (exact) mass is 189 g/mol. The summed E-state index contributed by atoms with van der Waals surface area (Å²) in [4.78, 5) is 11.3. The van der Waals surface area contributed by atoms with Gasteiger partial charge in [-0.05, 0) is 13.0 Å². The summed E-state index contributed by atoms with van der Waals surface area (Å²) in [5, 5.41) is 0. The number of aromatic nitrogens is 3. The van der Waals surface area contributed by atoms with Crippen molar-refractivity contribution in [2.75, 3.05) is 7.11 Å². The van der Waals surface area contributed by atoms with Crippen LogP contribution in [-0.4, -0.2) is 22.1 Å². The third-order valence-corrected chi connectivity index (χ3v) is 1.96. The van der Waals surface area contributed by atoms with E-state index in [0.717, 1.165) is 22.8 Å². The fourth-order valence-electron chi connectivity index (χ4n) is 1.25. The average molecular weight is 189 g/mol. The Bertz CT molecular complexity index is 436. The number of ether oxygens (including phenoxy) is 1. The second-order valence-corrected chi connectivity index (χ2v) is 3.00. The number of methoxy groups -OCH3 is 1. The van der Waals surface area contributed by atoms with Gasteiger partial charge in [0.15, 0.2) is 0 Å². The third-order valence-electron chi connectivity index (χ3n) is 1.96. The standard InChI is InChI=1S/C10H11N3O/c1-7-12-6-10(13-7)8-3-9(14-2)5-11-4-8/h3-6H,1-2H3,(H,12,13). The molecular weight excluding hydrogens is 178 g/mol. The van der Waals surface area contributed by atoms with Crippen molar-refractivity contribution in [1.82, 2.24) is 15.0 Å². The number of imidazole rings is 1. The Labute approximate surface area is 82.0 Å². The lowest BCUT2D eigenvalue weighted by atomic mass is 10.2. The van der Waals surface area contributed by atoms with Crippen LogP contribution in [0.15, 0.2) is 24.7 Å². The first kappa shape index (κ1) is 8.74. The maximum Gasteiger partial charge on any atom is 0.137 e. The number of H-pyrrole nitrogens is 1. The van der Waals surface area contributed by atoms with Gasteiger partial charge in [0.05, 0.1) is 25.2 Å². The van der Waals surface area contributed by atoms with Crippen LogP contribution in [0.25, 0.3) is 11.3 Å². The largest absolute Gasteiger partial charge is 0.495 e. The molecule has 2 aromatic heterocycles. The fourth-order valence-corrected chi connectivity index (χ4v) is 1.25. The number of aryl methyl sites for hydroxylation is 1. The van der Waals surface area contributed by atoms with Gasteiger partial charge in [0, 0.05) is 11.8 Å². The van der Waals surface area contributed by atoms with Gasteiger partial charge in [0.1, 0.15) is 11.6 Å². The first-order valence-electron chi connectivity index (χ1n) is 4.30. The van der Waals surface area contributed by atoms with E-state index < -0.39 is 0 Å². The number of hydrogen-bond acceptors (Lipinski definition) is 3. The molecule has 72 valence electrons. The minimum atomic E-state index is 0.745. The van der Waals surface area contributed by atoms with Crippen LogP contribution in [0.1, 0.15) is 5.82 Å². The molecule has 0 spiro atoms. The van der Waals surface area contributed by atoms with Gasteiger partial charge in [-0.25, -0.2) is 4.98 Å². The highest BCUT2D eigenvalue weighted by molar-refractivity contribution is 5.58. The van der Waals surface area contributed by atoms with E-state index in [4.69, 9.17) is 4.74 Å². The summed E-state index contributed by atoms with van der Waals surface area (Å²) in [6.07, 6.45) is 5.23. The van der Waals surface area contributed by atoms with Crippen molar-refractivity contribution in [2.45, 2.75) is 6.92 Å². The SMILES string of the molecule is COc1cncc(-c2cnc(C)[nH]2)c1. The van der Waals surface area contributed by atoms with Crippen molar-refractivity contribution in [1.29, 1.82) is 0 Å². The Morgan fingerprint density at radius 2 is 2.14 bits per heavy atom. The van der Waals surface area contributed by atoms with E-state index in [1.54, 1.807) is 25.7 Å². The quantitative estimate of drug-likeness (QED) is 0.783. The van der Waals surface area contributed by atoms with Gasteiger partial charge in [0.25, 0.3) is 0 Å². The lowest BCUT2D eigenvalue weighted by Crippen LogP contribution is -1.86. The molecule has 0 aromatic carbocycles. The Morgan fingerprint density at radius 1 is 1.29 bits per heavy atom. The molecule has 2 aromatic rings. The summed E-state index contributed by atoms with van der Waals surface area (Å²) < 4.78 is 5.09. The Kier molecular flexibility index (Phi) is 2.18. The van der Waals surface area contributed by atoms with Crippen LogP contribution in [0, 0.1) is 6.92 Å². The molecular formula is C10H11N3O. The van der Waals surface area contributed by atoms with Gasteiger partial charge in [-0.3, -0.25) is 4.98 Å². The van der Waals surface area contributed by atoms with Crippen LogP contribution < -0.4 is 4.74 Å². The van der Waals surface area contributed by atoms with Crippen LogP contribution in [0.2, 0.25) is 0 Å². The summed E-state index contributed by atoms with van der Waals surface area (Å²) in [5.41, 5.74) is 1.93. The van der Waals surface area contributed by atoms with E-state index in [0.29, 0.717) is 0 Å². The second-order valence-electron chi connectivity index (χ2n) is 3.00. The molecule has 4 heteroatoms. The highest BCUT2D eigenvalue weighted by atomic mass is 16.5. The van der Waals surface area contributed by atoms with E-state index in [-0.39, 0.29) is 0 Å². The first-order valence-corrected chi connectivity index (χ1v) is 4.30. The van der Waals surface area contributed by atoms with Crippen LogP contribution >= 0.6 is 0 Å². The second kappa shape index (κ2) is 3.49. The number of pyridine rings is 1. The minimum Gasteiger partial charge on any atom is -0.495 e. The van der Waals surface area contributed by atoms with Crippen LogP contribution in [-0.2, 0) is 0 Å². The molecule has 1 N–H and O–H groups in total. The molecule has 0 aliphatic carbocycles. The van der Waals surface area contributed by atoms with Gasteiger partial charge < -0.3 is 9.72 Å². The van der Waals surface area contributed by atoms with Gasteiger partial charge >= 0.3 is 0 Å². The molecule has 0 fully saturated rings. The van der Waals surface area contributed by atoms with Gasteiger partial charge in [-0.1, -0.05) is 0 Å². The predicted octanol–water partition coefficient (Wildman–Crippen LogP) is 1.79. The highest BCUT2D eigenvalue weighted by Crippen LogP contribution is 2.20. The van der Waals surface area contributed by atoms with Crippen molar-refractivity contribution >= 4 is 0 Å². The summed E-state index contributed by atoms with van der Waals surface area (Å²) in [6.45, 7) is 1.91. The van der Waals surface area contributed by atoms with Gasteiger partial charge in [-0.15, -0.1) is 0 Å². The van der Waals surface area contributed by atoms with Crippen molar-refractivity contribution in [3.05, 3.63) is 30.5 Å². The Balaban J connectivity index is 2.41. The number of nitrogens with zero attached hydrogens (tertiary/aromatic N) is 2. The van der Waals surface area contributed by atoms with Gasteiger partial charge in [0.2, 0.25) is 0 Å². The number of nitrogens with one attached hydrogen (secondary N) is 1. The topological polar surface area (TPSA) is 50.8 Å². The zero-order valence-electron chi connectivity index (χ0n) is 8.11. The highest BCUT2D eigenvalue weighted by Gasteiger charge is 2.02. The molecule has 0 aliphatic rings. The number of hydrogen-bond donors (Lipinski definition) is 1. The minimum absolute atomic E-state index is 0.745. The van der Waals surface area contributed by atoms with Crippen molar-refractivity contribution < 1.29 is 4.74 Å². The number of aromatic amines is 1. The molecule has 0 aliphatic heterocycles. The summed E-state index contributed by atoms with van der Waals surface area (Å²) in [5.74, 6) is 1.64. The van der Waals surface area contributed by atoms with E-state index in [2.05, 4.69) is 15.0 Å². The van der Waals surface area contributed by atoms with Crippen molar-refractivity contribution in [2.24, 2.45) is 0 Å². The molecule has 0 unspecified atom stereocenters. The van der Waals surface area contributed by atoms with Crippen LogP contribution in [0.5, 0.6) is 5.75 Å². The molecule has 0 amide bonds. The molecule has 0 atom stereocenters. The van der Waals surface area contributed by atoms with Crippen LogP contribution in [0.3, 0.4) is 0 Å². The summed E-state index contributed by atoms with van der Waals surface area (Å²) in [6, 6.07) is 1.92. The molecule has 2 rings (SSSR count). The van der Waals surface area contributed by atoms with Crippen molar-refractivity contribution in [3.63, 3.8) is 0 Å².